The fourth-order valence-electron chi connectivity index (χ4n) is 1.71. The number of phenols is 1. The van der Waals surface area contributed by atoms with Gasteiger partial charge in [0.25, 0.3) is 0 Å². The molecule has 1 aromatic rings. The zero-order valence-electron chi connectivity index (χ0n) is 8.06. The summed E-state index contributed by atoms with van der Waals surface area (Å²) in [6.07, 6.45) is 0. The number of rotatable bonds is 1. The third-order valence-electron chi connectivity index (χ3n) is 2.52. The van der Waals surface area contributed by atoms with Crippen LogP contribution in [0.2, 0.25) is 5.02 Å². The van der Waals surface area contributed by atoms with Crippen LogP contribution in [0.1, 0.15) is 11.6 Å². The molecule has 1 aliphatic rings. The van der Waals surface area contributed by atoms with Crippen LogP contribution in [0.5, 0.6) is 5.75 Å². The van der Waals surface area contributed by atoms with Gasteiger partial charge in [-0.05, 0) is 6.07 Å². The molecule has 0 radical (unpaired) electrons. The molecule has 1 saturated heterocycles. The van der Waals surface area contributed by atoms with E-state index in [0.717, 1.165) is 13.1 Å². The Kier molecular flexibility index (Phi) is 3.09. The minimum Gasteiger partial charge on any atom is -0.506 e. The summed E-state index contributed by atoms with van der Waals surface area (Å²) >= 11 is 5.63. The van der Waals surface area contributed by atoms with Crippen molar-refractivity contribution in [3.05, 3.63) is 28.5 Å². The van der Waals surface area contributed by atoms with E-state index in [4.69, 9.17) is 11.6 Å². The molecule has 15 heavy (non-hydrogen) atoms. The van der Waals surface area contributed by atoms with Gasteiger partial charge in [0.05, 0.1) is 0 Å². The highest BCUT2D eigenvalue weighted by Gasteiger charge is 2.20. The molecule has 1 heterocycles. The largest absolute Gasteiger partial charge is 0.506 e. The van der Waals surface area contributed by atoms with E-state index >= 15 is 0 Å². The zero-order chi connectivity index (χ0) is 10.8. The van der Waals surface area contributed by atoms with Crippen molar-refractivity contribution in [3.8, 4) is 5.75 Å². The SMILES string of the molecule is Oc1c([C@H]2CNCCN2)ccc(F)c1Cl. The molecule has 3 N–H and O–H groups in total. The van der Waals surface area contributed by atoms with Gasteiger partial charge in [0.1, 0.15) is 16.6 Å². The van der Waals surface area contributed by atoms with Gasteiger partial charge in [-0.15, -0.1) is 0 Å². The second-order valence-electron chi connectivity index (χ2n) is 3.51. The van der Waals surface area contributed by atoms with Crippen LogP contribution in [0.3, 0.4) is 0 Å². The van der Waals surface area contributed by atoms with Crippen molar-refractivity contribution < 1.29 is 9.50 Å². The summed E-state index contributed by atoms with van der Waals surface area (Å²) in [6, 6.07) is 2.81. The second-order valence-corrected chi connectivity index (χ2v) is 3.89. The molecule has 1 aliphatic heterocycles. The van der Waals surface area contributed by atoms with Crippen molar-refractivity contribution in [2.45, 2.75) is 6.04 Å². The average molecular weight is 231 g/mol. The van der Waals surface area contributed by atoms with Crippen LogP contribution >= 0.6 is 11.6 Å². The smallest absolute Gasteiger partial charge is 0.145 e. The molecule has 0 amide bonds. The van der Waals surface area contributed by atoms with Crippen molar-refractivity contribution in [1.82, 2.24) is 10.6 Å². The fourth-order valence-corrected chi connectivity index (χ4v) is 1.88. The van der Waals surface area contributed by atoms with Gasteiger partial charge in [-0.1, -0.05) is 17.7 Å². The minimum absolute atomic E-state index is 0.0168. The maximum absolute atomic E-state index is 13.0. The maximum atomic E-state index is 13.0. The van der Waals surface area contributed by atoms with Crippen molar-refractivity contribution in [3.63, 3.8) is 0 Å². The van der Waals surface area contributed by atoms with Gasteiger partial charge < -0.3 is 15.7 Å². The van der Waals surface area contributed by atoms with Gasteiger partial charge >= 0.3 is 0 Å². The first kappa shape index (κ1) is 10.7. The molecule has 82 valence electrons. The van der Waals surface area contributed by atoms with Crippen LogP contribution in [0.15, 0.2) is 12.1 Å². The molecule has 5 heteroatoms. The van der Waals surface area contributed by atoms with Gasteiger partial charge in [0, 0.05) is 31.2 Å². The molecule has 1 fully saturated rings. The van der Waals surface area contributed by atoms with Crippen molar-refractivity contribution in [2.75, 3.05) is 19.6 Å². The summed E-state index contributed by atoms with van der Waals surface area (Å²) in [5.74, 6) is -0.764. The molecule has 0 aliphatic carbocycles. The topological polar surface area (TPSA) is 44.3 Å². The molecule has 0 saturated carbocycles. The Morgan fingerprint density at radius 3 is 2.87 bits per heavy atom. The van der Waals surface area contributed by atoms with Gasteiger partial charge in [0.2, 0.25) is 0 Å². The Bertz CT molecular complexity index is 367. The molecule has 1 aromatic carbocycles. The summed E-state index contributed by atoms with van der Waals surface area (Å²) in [4.78, 5) is 0. The van der Waals surface area contributed by atoms with Crippen molar-refractivity contribution in [2.24, 2.45) is 0 Å². The van der Waals surface area contributed by atoms with Crippen molar-refractivity contribution >= 4 is 11.6 Å². The number of halogens is 2. The highest BCUT2D eigenvalue weighted by atomic mass is 35.5. The molecular weight excluding hydrogens is 219 g/mol. The molecule has 2 rings (SSSR count). The molecule has 0 spiro atoms. The third-order valence-corrected chi connectivity index (χ3v) is 2.88. The van der Waals surface area contributed by atoms with Gasteiger partial charge in [-0.25, -0.2) is 4.39 Å². The molecule has 0 aromatic heterocycles. The lowest BCUT2D eigenvalue weighted by Crippen LogP contribution is -2.42. The molecular formula is C10H12ClFN2O. The van der Waals surface area contributed by atoms with Crippen LogP contribution in [0, 0.1) is 5.82 Å². The van der Waals surface area contributed by atoms with E-state index in [-0.39, 0.29) is 16.8 Å². The van der Waals surface area contributed by atoms with E-state index in [1.807, 2.05) is 0 Å². The first-order valence-electron chi connectivity index (χ1n) is 4.81. The normalized spacial score (nSPS) is 21.6. The molecule has 3 nitrogen and oxygen atoms in total. The van der Waals surface area contributed by atoms with Crippen LogP contribution in [-0.2, 0) is 0 Å². The highest BCUT2D eigenvalue weighted by Crippen LogP contribution is 2.33. The molecule has 0 bridgehead atoms. The Labute approximate surface area is 92.2 Å². The van der Waals surface area contributed by atoms with E-state index in [1.165, 1.54) is 6.07 Å². The van der Waals surface area contributed by atoms with Crippen LogP contribution in [0.4, 0.5) is 4.39 Å². The number of piperazine rings is 1. The zero-order valence-corrected chi connectivity index (χ0v) is 8.81. The van der Waals surface area contributed by atoms with Crippen molar-refractivity contribution in [1.29, 1.82) is 0 Å². The monoisotopic (exact) mass is 230 g/mol. The highest BCUT2D eigenvalue weighted by molar-refractivity contribution is 6.32. The predicted octanol–water partition coefficient (Wildman–Crippen LogP) is 1.42. The maximum Gasteiger partial charge on any atom is 0.145 e. The number of hydrogen-bond acceptors (Lipinski definition) is 3. The molecule has 1 atom stereocenters. The minimum atomic E-state index is -0.596. The van der Waals surface area contributed by atoms with E-state index in [2.05, 4.69) is 10.6 Å². The van der Waals surface area contributed by atoms with Crippen LogP contribution in [-0.4, -0.2) is 24.7 Å². The quantitative estimate of drug-likeness (QED) is 0.684. The first-order valence-corrected chi connectivity index (χ1v) is 5.19. The van der Waals surface area contributed by atoms with Gasteiger partial charge in [-0.3, -0.25) is 0 Å². The van der Waals surface area contributed by atoms with E-state index in [1.54, 1.807) is 6.07 Å². The van der Waals surface area contributed by atoms with Gasteiger partial charge in [0.15, 0.2) is 0 Å². The summed E-state index contributed by atoms with van der Waals surface area (Å²) in [5, 5.41) is 15.9. The molecule has 0 unspecified atom stereocenters. The predicted molar refractivity (Wildman–Crippen MR) is 56.7 cm³/mol. The fraction of sp³-hybridized carbons (Fsp3) is 0.400. The number of aromatic hydroxyl groups is 1. The first-order chi connectivity index (χ1) is 7.20. The average Bonchev–Trinajstić information content (AvgIpc) is 2.27. The Hall–Kier alpha value is -0.840. The van der Waals surface area contributed by atoms with Crippen LogP contribution in [0.25, 0.3) is 0 Å². The van der Waals surface area contributed by atoms with E-state index < -0.39 is 5.82 Å². The number of nitrogens with one attached hydrogen (secondary N) is 2. The van der Waals surface area contributed by atoms with Crippen LogP contribution < -0.4 is 10.6 Å². The third kappa shape index (κ3) is 2.07. The Balaban J connectivity index is 2.31. The standard InChI is InChI=1S/C10H12ClFN2O/c11-9-7(12)2-1-6(10(9)15)8-5-13-3-4-14-8/h1-2,8,13-15H,3-5H2/t8-/m1/s1. The lowest BCUT2D eigenvalue weighted by atomic mass is 10.0. The Morgan fingerprint density at radius 2 is 2.20 bits per heavy atom. The van der Waals surface area contributed by atoms with E-state index in [0.29, 0.717) is 12.1 Å². The van der Waals surface area contributed by atoms with E-state index in [9.17, 15) is 9.50 Å². The summed E-state index contributed by atoms with van der Waals surface area (Å²) in [5.41, 5.74) is 0.633. The lowest BCUT2D eigenvalue weighted by Gasteiger charge is -2.25. The summed E-state index contributed by atoms with van der Waals surface area (Å²) in [7, 11) is 0. The Morgan fingerprint density at radius 1 is 1.40 bits per heavy atom. The second kappa shape index (κ2) is 4.35. The lowest BCUT2D eigenvalue weighted by molar-refractivity contribution is 0.402. The van der Waals surface area contributed by atoms with Gasteiger partial charge in [-0.2, -0.15) is 0 Å². The summed E-state index contributed by atoms with van der Waals surface area (Å²) < 4.78 is 13.0. The number of phenolic OH excluding ortho intramolecular Hbond substituents is 1. The summed E-state index contributed by atoms with van der Waals surface area (Å²) in [6.45, 7) is 2.42. The number of hydrogen-bond donors (Lipinski definition) is 3. The number of benzene rings is 1.